The van der Waals surface area contributed by atoms with E-state index in [1.54, 1.807) is 0 Å². The van der Waals surface area contributed by atoms with Crippen LogP contribution in [0.5, 0.6) is 0 Å². The molecule has 0 atom stereocenters. The zero-order valence-corrected chi connectivity index (χ0v) is 14.4. The molecule has 0 saturated heterocycles. The third-order valence-electron chi connectivity index (χ3n) is 5.27. The lowest BCUT2D eigenvalue weighted by Gasteiger charge is -2.15. The Morgan fingerprint density at radius 1 is 0.792 bits per heavy atom. The van der Waals surface area contributed by atoms with Crippen molar-refractivity contribution in [1.29, 1.82) is 0 Å². The van der Waals surface area contributed by atoms with E-state index in [1.807, 2.05) is 0 Å². The molecule has 0 aromatic heterocycles. The third kappa shape index (κ3) is 2.24. The molecule has 0 saturated carbocycles. The van der Waals surface area contributed by atoms with E-state index in [-0.39, 0.29) is 0 Å². The lowest BCUT2D eigenvalue weighted by molar-refractivity contribution is 1.09. The molecule has 24 heavy (non-hydrogen) atoms. The van der Waals surface area contributed by atoms with Crippen LogP contribution in [0.15, 0.2) is 54.6 Å². The van der Waals surface area contributed by atoms with Crippen LogP contribution in [-0.4, -0.2) is 0 Å². The maximum atomic E-state index is 6.33. The molecule has 120 valence electrons. The van der Waals surface area contributed by atoms with Gasteiger partial charge in [-0.25, -0.2) is 0 Å². The highest BCUT2D eigenvalue weighted by molar-refractivity contribution is 5.85. The van der Waals surface area contributed by atoms with Gasteiger partial charge in [0.15, 0.2) is 0 Å². The average Bonchev–Trinajstić information content (AvgIpc) is 3.00. The van der Waals surface area contributed by atoms with Crippen LogP contribution in [0.25, 0.3) is 22.3 Å². The van der Waals surface area contributed by atoms with Gasteiger partial charge in [-0.3, -0.25) is 0 Å². The van der Waals surface area contributed by atoms with Gasteiger partial charge in [0.1, 0.15) is 0 Å². The van der Waals surface area contributed by atoms with E-state index in [0.29, 0.717) is 0 Å². The largest absolute Gasteiger partial charge is 0.398 e. The molecule has 0 amide bonds. The van der Waals surface area contributed by atoms with Crippen LogP contribution in [-0.2, 0) is 19.3 Å². The summed E-state index contributed by atoms with van der Waals surface area (Å²) in [5, 5.41) is 0. The van der Waals surface area contributed by atoms with Crippen LogP contribution in [0, 0.1) is 0 Å². The molecule has 0 unspecified atom stereocenters. The Morgan fingerprint density at radius 2 is 1.42 bits per heavy atom. The lowest BCUT2D eigenvalue weighted by atomic mass is 9.91. The summed E-state index contributed by atoms with van der Waals surface area (Å²) < 4.78 is 0. The number of hydrogen-bond acceptors (Lipinski definition) is 1. The summed E-state index contributed by atoms with van der Waals surface area (Å²) in [5.41, 5.74) is 18.1. The number of nitrogen functional groups attached to an aromatic ring is 1. The van der Waals surface area contributed by atoms with E-state index >= 15 is 0 Å². The van der Waals surface area contributed by atoms with Crippen molar-refractivity contribution >= 4 is 5.69 Å². The second kappa shape index (κ2) is 5.83. The molecule has 2 N–H and O–H groups in total. The second-order valence-corrected chi connectivity index (χ2v) is 6.58. The van der Waals surface area contributed by atoms with Crippen molar-refractivity contribution in [2.75, 3.05) is 5.73 Å². The molecule has 0 bridgehead atoms. The smallest absolute Gasteiger partial charge is 0.0379 e. The predicted molar refractivity (Wildman–Crippen MR) is 103 cm³/mol. The van der Waals surface area contributed by atoms with E-state index < -0.39 is 0 Å². The summed E-state index contributed by atoms with van der Waals surface area (Å²) in [6, 6.07) is 20.0. The minimum Gasteiger partial charge on any atom is -0.398 e. The summed E-state index contributed by atoms with van der Waals surface area (Å²) in [6.07, 6.45) is 2.97. The van der Waals surface area contributed by atoms with Gasteiger partial charge < -0.3 is 5.73 Å². The van der Waals surface area contributed by atoms with Crippen molar-refractivity contribution in [3.05, 3.63) is 76.9 Å². The summed E-state index contributed by atoms with van der Waals surface area (Å²) >= 11 is 0. The van der Waals surface area contributed by atoms with Gasteiger partial charge >= 0.3 is 0 Å². The molecule has 1 heteroatoms. The Hall–Kier alpha value is -2.54. The molecular weight excluding hydrogens is 290 g/mol. The topological polar surface area (TPSA) is 26.0 Å². The van der Waals surface area contributed by atoms with Gasteiger partial charge in [0.2, 0.25) is 0 Å². The van der Waals surface area contributed by atoms with Gasteiger partial charge in [-0.1, -0.05) is 56.3 Å². The first kappa shape index (κ1) is 15.0. The number of fused-ring (bicyclic) bond motifs is 3. The van der Waals surface area contributed by atoms with Crippen LogP contribution in [0.4, 0.5) is 5.69 Å². The fraction of sp³-hybridized carbons (Fsp3) is 0.217. The number of rotatable bonds is 3. The monoisotopic (exact) mass is 313 g/mol. The van der Waals surface area contributed by atoms with Crippen LogP contribution in [0.1, 0.15) is 36.1 Å². The van der Waals surface area contributed by atoms with E-state index in [0.717, 1.165) is 24.9 Å². The zero-order chi connectivity index (χ0) is 16.7. The molecule has 3 aromatic carbocycles. The minimum atomic E-state index is 0.972. The maximum Gasteiger partial charge on any atom is 0.0379 e. The number of aryl methyl sites for hydroxylation is 2. The quantitative estimate of drug-likeness (QED) is 0.487. The number of benzene rings is 3. The van der Waals surface area contributed by atoms with Crippen molar-refractivity contribution in [3.63, 3.8) is 0 Å². The number of anilines is 1. The van der Waals surface area contributed by atoms with Crippen LogP contribution < -0.4 is 5.73 Å². The van der Waals surface area contributed by atoms with E-state index in [2.05, 4.69) is 68.4 Å². The lowest BCUT2D eigenvalue weighted by Crippen LogP contribution is -2.00. The van der Waals surface area contributed by atoms with E-state index in [4.69, 9.17) is 5.73 Å². The van der Waals surface area contributed by atoms with Gasteiger partial charge in [-0.05, 0) is 75.9 Å². The summed E-state index contributed by atoms with van der Waals surface area (Å²) in [6.45, 7) is 4.36. The first-order chi connectivity index (χ1) is 11.7. The van der Waals surface area contributed by atoms with Gasteiger partial charge in [-0.15, -0.1) is 0 Å². The number of hydrogen-bond donors (Lipinski definition) is 1. The van der Waals surface area contributed by atoms with Gasteiger partial charge in [0, 0.05) is 5.69 Å². The van der Waals surface area contributed by atoms with E-state index in [9.17, 15) is 0 Å². The molecule has 0 heterocycles. The minimum absolute atomic E-state index is 0.972. The first-order valence-electron chi connectivity index (χ1n) is 8.84. The Bertz CT molecular complexity index is 896. The van der Waals surface area contributed by atoms with Crippen LogP contribution >= 0.6 is 0 Å². The molecule has 0 spiro atoms. The highest BCUT2D eigenvalue weighted by Gasteiger charge is 2.21. The SMILES string of the molecule is CCc1cc(-c2cccc3c2Cc2ccccc2-3)cc(CC)c1N. The van der Waals surface area contributed by atoms with Crippen molar-refractivity contribution in [2.24, 2.45) is 0 Å². The Kier molecular flexibility index (Phi) is 3.65. The molecule has 1 aliphatic carbocycles. The molecule has 4 rings (SSSR count). The summed E-state index contributed by atoms with van der Waals surface area (Å²) in [4.78, 5) is 0. The second-order valence-electron chi connectivity index (χ2n) is 6.58. The van der Waals surface area contributed by atoms with Crippen molar-refractivity contribution < 1.29 is 0 Å². The maximum absolute atomic E-state index is 6.33. The highest BCUT2D eigenvalue weighted by atomic mass is 14.6. The Labute approximate surface area is 144 Å². The molecule has 0 aliphatic heterocycles. The molecule has 1 nitrogen and oxygen atoms in total. The fourth-order valence-electron chi connectivity index (χ4n) is 3.95. The molecule has 0 radical (unpaired) electrons. The zero-order valence-electron chi connectivity index (χ0n) is 14.4. The highest BCUT2D eigenvalue weighted by Crippen LogP contribution is 2.42. The molecular formula is C23H23N. The normalized spacial score (nSPS) is 12.1. The fourth-order valence-corrected chi connectivity index (χ4v) is 3.95. The number of nitrogens with two attached hydrogens (primary N) is 1. The third-order valence-corrected chi connectivity index (χ3v) is 5.27. The van der Waals surface area contributed by atoms with Gasteiger partial charge in [-0.2, -0.15) is 0 Å². The van der Waals surface area contributed by atoms with Gasteiger partial charge in [0.05, 0.1) is 0 Å². The average molecular weight is 313 g/mol. The van der Waals surface area contributed by atoms with Crippen molar-refractivity contribution in [1.82, 2.24) is 0 Å². The van der Waals surface area contributed by atoms with Crippen molar-refractivity contribution in [3.8, 4) is 22.3 Å². The Balaban J connectivity index is 1.91. The van der Waals surface area contributed by atoms with Crippen LogP contribution in [0.3, 0.4) is 0 Å². The standard InChI is InChI=1S/C23H23N/c1-3-15-12-18(13-16(4-2)23(15)24)20-10-7-11-21-19-9-6-5-8-17(19)14-22(20)21/h5-13H,3-4,14,24H2,1-2H3. The van der Waals surface area contributed by atoms with E-state index in [1.165, 1.54) is 44.5 Å². The Morgan fingerprint density at radius 3 is 2.12 bits per heavy atom. The molecule has 3 aromatic rings. The predicted octanol–water partition coefficient (Wildman–Crippen LogP) is 5.63. The summed E-state index contributed by atoms with van der Waals surface area (Å²) in [5.74, 6) is 0. The van der Waals surface area contributed by atoms with Gasteiger partial charge in [0.25, 0.3) is 0 Å². The molecule has 0 fully saturated rings. The first-order valence-corrected chi connectivity index (χ1v) is 8.84. The van der Waals surface area contributed by atoms with Crippen LogP contribution in [0.2, 0.25) is 0 Å². The van der Waals surface area contributed by atoms with Crippen molar-refractivity contribution in [2.45, 2.75) is 33.1 Å². The molecule has 1 aliphatic rings. The summed E-state index contributed by atoms with van der Waals surface area (Å²) in [7, 11) is 0.